The molecular weight excluding hydrogens is 192 g/mol. The van der Waals surface area contributed by atoms with Crippen molar-refractivity contribution >= 4 is 20.2 Å². The molecule has 0 heterocycles. The molecule has 0 N–H and O–H groups in total. The third-order valence-corrected chi connectivity index (χ3v) is 3.62. The van der Waals surface area contributed by atoms with E-state index in [0.29, 0.717) is 0 Å². The molecule has 12 heavy (non-hydrogen) atoms. The van der Waals surface area contributed by atoms with Crippen LogP contribution in [0.4, 0.5) is 0 Å². The van der Waals surface area contributed by atoms with E-state index in [1.54, 1.807) is 0 Å². The van der Waals surface area contributed by atoms with Crippen molar-refractivity contribution in [2.45, 2.75) is 32.9 Å². The average Bonchev–Trinajstić information content (AvgIpc) is 1.98. The van der Waals surface area contributed by atoms with Gasteiger partial charge in [0.05, 0.1) is 0 Å². The first-order valence-electron chi connectivity index (χ1n) is 4.46. The van der Waals surface area contributed by atoms with Gasteiger partial charge in [-0.2, -0.15) is 0 Å². The number of hydrogen-bond donors (Lipinski definition) is 0. The van der Waals surface area contributed by atoms with Crippen LogP contribution in [-0.2, 0) is 8.85 Å². The summed E-state index contributed by atoms with van der Waals surface area (Å²) in [5.74, 6) is 0.722. The number of halogens is 1. The van der Waals surface area contributed by atoms with Gasteiger partial charge in [0, 0.05) is 19.1 Å². The van der Waals surface area contributed by atoms with Gasteiger partial charge in [0.1, 0.15) is 0 Å². The van der Waals surface area contributed by atoms with Crippen molar-refractivity contribution in [3.8, 4) is 0 Å². The Balaban J connectivity index is 3.33. The normalized spacial score (nSPS) is 12.0. The zero-order valence-corrected chi connectivity index (χ0v) is 9.99. The Morgan fingerprint density at radius 1 is 1.17 bits per heavy atom. The Morgan fingerprint density at radius 3 is 2.33 bits per heavy atom. The van der Waals surface area contributed by atoms with Crippen molar-refractivity contribution in [2.75, 3.05) is 19.1 Å². The lowest BCUT2D eigenvalue weighted by atomic mass is 10.4. The molecule has 0 fully saturated rings. The van der Waals surface area contributed by atoms with Crippen LogP contribution >= 0.6 is 11.6 Å². The lowest BCUT2D eigenvalue weighted by Crippen LogP contribution is -2.35. The molecule has 0 bridgehead atoms. The quantitative estimate of drug-likeness (QED) is 0.366. The molecule has 0 radical (unpaired) electrons. The highest BCUT2D eigenvalue weighted by Crippen LogP contribution is 2.07. The van der Waals surface area contributed by atoms with E-state index >= 15 is 0 Å². The van der Waals surface area contributed by atoms with Crippen molar-refractivity contribution in [3.63, 3.8) is 0 Å². The maximum Gasteiger partial charge on any atom is 0.331 e. The van der Waals surface area contributed by atoms with Crippen LogP contribution in [0.2, 0.25) is 13.1 Å². The zero-order chi connectivity index (χ0) is 9.45. The van der Waals surface area contributed by atoms with E-state index in [0.717, 1.165) is 31.9 Å². The van der Waals surface area contributed by atoms with Crippen LogP contribution in [0, 0.1) is 0 Å². The monoisotopic (exact) mass is 210 g/mol. The van der Waals surface area contributed by atoms with Gasteiger partial charge in [0.15, 0.2) is 0 Å². The predicted molar refractivity (Wildman–Crippen MR) is 55.0 cm³/mol. The standard InChI is InChI=1S/C8H19ClO2Si/c1-4-10-12(2,3)11-8-6-5-7-9/h4-8H2,1-3H3. The van der Waals surface area contributed by atoms with E-state index in [2.05, 4.69) is 13.1 Å². The highest BCUT2D eigenvalue weighted by atomic mass is 35.5. The first-order valence-corrected chi connectivity index (χ1v) is 7.81. The minimum absolute atomic E-state index is 0.722. The van der Waals surface area contributed by atoms with E-state index in [4.69, 9.17) is 20.5 Å². The summed E-state index contributed by atoms with van der Waals surface area (Å²) in [6.45, 7) is 7.66. The fourth-order valence-electron chi connectivity index (χ4n) is 0.904. The molecule has 0 amide bonds. The van der Waals surface area contributed by atoms with Gasteiger partial charge in [-0.15, -0.1) is 11.6 Å². The second-order valence-electron chi connectivity index (χ2n) is 3.08. The molecule has 0 aromatic rings. The summed E-state index contributed by atoms with van der Waals surface area (Å²) < 4.78 is 11.1. The fraction of sp³-hybridized carbons (Fsp3) is 1.00. The molecule has 0 aliphatic heterocycles. The molecule has 4 heteroatoms. The van der Waals surface area contributed by atoms with E-state index in [1.807, 2.05) is 6.92 Å². The summed E-state index contributed by atoms with van der Waals surface area (Å²) in [6.07, 6.45) is 2.06. The van der Waals surface area contributed by atoms with E-state index < -0.39 is 8.56 Å². The molecular formula is C8H19ClO2Si. The first-order chi connectivity index (χ1) is 5.62. The summed E-state index contributed by atoms with van der Waals surface area (Å²) in [5, 5.41) is 0. The summed E-state index contributed by atoms with van der Waals surface area (Å²) >= 11 is 5.54. The van der Waals surface area contributed by atoms with E-state index in [1.165, 1.54) is 0 Å². The Morgan fingerprint density at radius 2 is 1.83 bits per heavy atom. The van der Waals surface area contributed by atoms with Crippen molar-refractivity contribution in [2.24, 2.45) is 0 Å². The fourth-order valence-corrected chi connectivity index (χ4v) is 2.51. The minimum atomic E-state index is -1.80. The van der Waals surface area contributed by atoms with Gasteiger partial charge >= 0.3 is 8.56 Å². The lowest BCUT2D eigenvalue weighted by Gasteiger charge is -2.21. The number of hydrogen-bond acceptors (Lipinski definition) is 2. The van der Waals surface area contributed by atoms with Gasteiger partial charge in [-0.05, 0) is 32.9 Å². The first kappa shape index (κ1) is 12.4. The predicted octanol–water partition coefficient (Wildman–Crippen LogP) is 2.76. The molecule has 0 atom stereocenters. The van der Waals surface area contributed by atoms with Crippen LogP contribution < -0.4 is 0 Å². The molecule has 0 aliphatic rings. The van der Waals surface area contributed by atoms with E-state index in [-0.39, 0.29) is 0 Å². The van der Waals surface area contributed by atoms with Gasteiger partial charge in [0.25, 0.3) is 0 Å². The van der Waals surface area contributed by atoms with Gasteiger partial charge in [-0.3, -0.25) is 0 Å². The third kappa shape index (κ3) is 7.10. The Hall–Kier alpha value is 0.427. The molecule has 0 rings (SSSR count). The lowest BCUT2D eigenvalue weighted by molar-refractivity contribution is 0.184. The third-order valence-electron chi connectivity index (χ3n) is 1.47. The summed E-state index contributed by atoms with van der Waals surface area (Å²) in [7, 11) is -1.80. The van der Waals surface area contributed by atoms with Crippen LogP contribution in [0.25, 0.3) is 0 Å². The van der Waals surface area contributed by atoms with Gasteiger partial charge in [-0.1, -0.05) is 0 Å². The van der Waals surface area contributed by atoms with Crippen molar-refractivity contribution in [3.05, 3.63) is 0 Å². The maximum absolute atomic E-state index is 5.63. The van der Waals surface area contributed by atoms with Crippen molar-refractivity contribution < 1.29 is 8.85 Å². The molecule has 2 nitrogen and oxygen atoms in total. The summed E-state index contributed by atoms with van der Waals surface area (Å²) in [4.78, 5) is 0. The second kappa shape index (κ2) is 6.89. The Bertz CT molecular complexity index is 109. The van der Waals surface area contributed by atoms with Crippen LogP contribution in [0.15, 0.2) is 0 Å². The molecule has 0 saturated carbocycles. The molecule has 0 aromatic carbocycles. The van der Waals surface area contributed by atoms with Crippen LogP contribution in [0.3, 0.4) is 0 Å². The van der Waals surface area contributed by atoms with E-state index in [9.17, 15) is 0 Å². The maximum atomic E-state index is 5.63. The number of unbranched alkanes of at least 4 members (excludes halogenated alkanes) is 1. The molecule has 0 spiro atoms. The van der Waals surface area contributed by atoms with Crippen molar-refractivity contribution in [1.82, 2.24) is 0 Å². The largest absolute Gasteiger partial charge is 0.395 e. The van der Waals surface area contributed by atoms with Crippen LogP contribution in [0.1, 0.15) is 19.8 Å². The van der Waals surface area contributed by atoms with Gasteiger partial charge in [0.2, 0.25) is 0 Å². The molecule has 0 saturated heterocycles. The average molecular weight is 211 g/mol. The van der Waals surface area contributed by atoms with Crippen LogP contribution in [0.5, 0.6) is 0 Å². The van der Waals surface area contributed by atoms with Crippen LogP contribution in [-0.4, -0.2) is 27.7 Å². The summed E-state index contributed by atoms with van der Waals surface area (Å²) in [5.41, 5.74) is 0. The highest BCUT2D eigenvalue weighted by Gasteiger charge is 2.22. The molecule has 0 aliphatic carbocycles. The number of rotatable bonds is 7. The smallest absolute Gasteiger partial charge is 0.331 e. The minimum Gasteiger partial charge on any atom is -0.395 e. The second-order valence-corrected chi connectivity index (χ2v) is 6.83. The zero-order valence-electron chi connectivity index (χ0n) is 8.23. The molecule has 0 unspecified atom stereocenters. The Labute approximate surface area is 81.5 Å². The topological polar surface area (TPSA) is 18.5 Å². The number of alkyl halides is 1. The molecule has 0 aromatic heterocycles. The summed E-state index contributed by atoms with van der Waals surface area (Å²) in [6, 6.07) is 0. The highest BCUT2D eigenvalue weighted by molar-refractivity contribution is 6.64. The van der Waals surface area contributed by atoms with Gasteiger partial charge < -0.3 is 8.85 Å². The van der Waals surface area contributed by atoms with Gasteiger partial charge in [-0.25, -0.2) is 0 Å². The molecule has 74 valence electrons. The van der Waals surface area contributed by atoms with Crippen molar-refractivity contribution in [1.29, 1.82) is 0 Å². The SMILES string of the molecule is CCO[Si](C)(C)OCCCCCl. The Kier molecular flexibility index (Phi) is 7.14.